The Kier molecular flexibility index (Phi) is 7.87. The summed E-state index contributed by atoms with van der Waals surface area (Å²) in [6.07, 6.45) is 1.10. The molecule has 6 nitrogen and oxygen atoms in total. The van der Waals surface area contributed by atoms with Crippen molar-refractivity contribution in [2.24, 2.45) is 0 Å². The molecule has 0 atom stereocenters. The molecule has 1 amide bonds. The lowest BCUT2D eigenvalue weighted by Crippen LogP contribution is -2.21. The number of carbonyl (C=O) groups is 2. The topological polar surface area (TPSA) is 81.4 Å². The van der Waals surface area contributed by atoms with E-state index in [9.17, 15) is 27.2 Å². The number of benzene rings is 2. The summed E-state index contributed by atoms with van der Waals surface area (Å²) in [5.74, 6) is -5.40. The minimum Gasteiger partial charge on any atom is -0.456 e. The van der Waals surface area contributed by atoms with E-state index in [1.165, 1.54) is 24.4 Å². The van der Waals surface area contributed by atoms with Gasteiger partial charge in [0, 0.05) is 17.4 Å². The zero-order valence-corrected chi connectivity index (χ0v) is 17.1. The van der Waals surface area contributed by atoms with Gasteiger partial charge in [-0.1, -0.05) is 23.9 Å². The summed E-state index contributed by atoms with van der Waals surface area (Å²) in [5, 5.41) is 2.41. The minimum atomic E-state index is -2.65. The summed E-state index contributed by atoms with van der Waals surface area (Å²) in [5.41, 5.74) is 0.203. The lowest BCUT2D eigenvalue weighted by Gasteiger charge is -2.10. The molecule has 3 aromatic rings. The number of nitrogens with one attached hydrogen (secondary N) is 1. The van der Waals surface area contributed by atoms with Crippen molar-refractivity contribution in [1.29, 1.82) is 0 Å². The van der Waals surface area contributed by atoms with Gasteiger partial charge in [-0.2, -0.15) is 8.78 Å². The number of aryl methyl sites for hydroxylation is 1. The Bertz CT molecular complexity index is 1110. The maximum absolute atomic E-state index is 13.8. The van der Waals surface area contributed by atoms with Gasteiger partial charge in [-0.25, -0.2) is 13.8 Å². The van der Waals surface area contributed by atoms with Crippen LogP contribution in [0.25, 0.3) is 11.3 Å². The van der Waals surface area contributed by atoms with Crippen molar-refractivity contribution in [3.8, 4) is 11.3 Å². The number of amides is 1. The second-order valence-electron chi connectivity index (χ2n) is 6.33. The van der Waals surface area contributed by atoms with Gasteiger partial charge in [0.15, 0.2) is 18.3 Å². The molecule has 0 bridgehead atoms. The number of nitrogens with zero attached hydrogens (tertiary/aromatic N) is 1. The van der Waals surface area contributed by atoms with E-state index in [-0.39, 0.29) is 52.4 Å². The molecule has 0 aliphatic heterocycles. The van der Waals surface area contributed by atoms with Crippen molar-refractivity contribution < 1.29 is 36.3 Å². The lowest BCUT2D eigenvalue weighted by atomic mass is 10.2. The van der Waals surface area contributed by atoms with Crippen molar-refractivity contribution in [2.45, 2.75) is 23.5 Å². The fourth-order valence-corrected chi connectivity index (χ4v) is 3.22. The molecule has 0 radical (unpaired) electrons. The Morgan fingerprint density at radius 3 is 2.69 bits per heavy atom. The van der Waals surface area contributed by atoms with Gasteiger partial charge in [0.05, 0.1) is 23.9 Å². The molecule has 168 valence electrons. The summed E-state index contributed by atoms with van der Waals surface area (Å²) in [4.78, 5) is 28.0. The summed E-state index contributed by atoms with van der Waals surface area (Å²) in [6.45, 7) is -0.607. The van der Waals surface area contributed by atoms with Gasteiger partial charge < -0.3 is 14.5 Å². The van der Waals surface area contributed by atoms with Crippen LogP contribution in [0.5, 0.6) is 0 Å². The minimum absolute atomic E-state index is 0.0229. The highest BCUT2D eigenvalue weighted by molar-refractivity contribution is 7.99. The average Bonchev–Trinajstić information content (AvgIpc) is 3.20. The van der Waals surface area contributed by atoms with E-state index in [1.807, 2.05) is 0 Å². The van der Waals surface area contributed by atoms with E-state index in [1.54, 1.807) is 12.1 Å². The molecular formula is C21H16F4N2O4S. The largest absolute Gasteiger partial charge is 0.456 e. The number of hydrogen-bond donors (Lipinski definition) is 1. The number of thioether (sulfide) groups is 1. The second kappa shape index (κ2) is 10.8. The molecule has 0 saturated carbocycles. The van der Waals surface area contributed by atoms with Crippen LogP contribution in [0.4, 0.5) is 23.2 Å². The zero-order chi connectivity index (χ0) is 23.1. The van der Waals surface area contributed by atoms with Gasteiger partial charge in [-0.15, -0.1) is 0 Å². The van der Waals surface area contributed by atoms with E-state index in [4.69, 9.17) is 9.15 Å². The summed E-state index contributed by atoms with van der Waals surface area (Å²) < 4.78 is 62.2. The Morgan fingerprint density at radius 1 is 1.16 bits per heavy atom. The molecule has 1 heterocycles. The number of para-hydroxylation sites is 1. The molecule has 32 heavy (non-hydrogen) atoms. The van der Waals surface area contributed by atoms with Gasteiger partial charge in [0.1, 0.15) is 11.6 Å². The van der Waals surface area contributed by atoms with Crippen molar-refractivity contribution in [3.05, 3.63) is 66.2 Å². The number of hydrogen-bond acceptors (Lipinski definition) is 6. The standard InChI is InChI=1S/C21H16F4N2O4S/c22-12-5-6-13(14(23)9-12)16-10-26-19(31-16)7-8-20(29)30-11-18(28)27-15-3-1-2-4-17(15)32-21(24)25/h1-6,9-10,21H,7-8,11H2,(H,27,28). The van der Waals surface area contributed by atoms with Crippen molar-refractivity contribution >= 4 is 29.3 Å². The van der Waals surface area contributed by atoms with Crippen LogP contribution in [0.2, 0.25) is 0 Å². The van der Waals surface area contributed by atoms with Crippen molar-refractivity contribution in [1.82, 2.24) is 4.98 Å². The fourth-order valence-electron chi connectivity index (χ4n) is 2.62. The monoisotopic (exact) mass is 468 g/mol. The third-order valence-electron chi connectivity index (χ3n) is 4.03. The first-order valence-corrected chi connectivity index (χ1v) is 10.1. The van der Waals surface area contributed by atoms with Gasteiger partial charge in [-0.05, 0) is 24.3 Å². The van der Waals surface area contributed by atoms with Crippen molar-refractivity contribution in [2.75, 3.05) is 11.9 Å². The second-order valence-corrected chi connectivity index (χ2v) is 7.36. The Balaban J connectivity index is 1.47. The zero-order valence-electron chi connectivity index (χ0n) is 16.3. The number of alkyl halides is 2. The predicted molar refractivity (Wildman–Crippen MR) is 108 cm³/mol. The first kappa shape index (κ1) is 23.3. The Hall–Kier alpha value is -3.34. The van der Waals surface area contributed by atoms with Crippen LogP contribution in [0.3, 0.4) is 0 Å². The van der Waals surface area contributed by atoms with Crippen LogP contribution >= 0.6 is 11.8 Å². The number of esters is 1. The molecule has 11 heteroatoms. The molecule has 2 aromatic carbocycles. The summed E-state index contributed by atoms with van der Waals surface area (Å²) in [6, 6.07) is 9.01. The van der Waals surface area contributed by atoms with Gasteiger partial charge in [-0.3, -0.25) is 9.59 Å². The van der Waals surface area contributed by atoms with Crippen LogP contribution in [0.15, 0.2) is 58.0 Å². The predicted octanol–water partition coefficient (Wildman–Crippen LogP) is 5.05. The number of oxazole rings is 1. The van der Waals surface area contributed by atoms with Crippen LogP contribution in [-0.4, -0.2) is 29.2 Å². The molecule has 0 spiro atoms. The highest BCUT2D eigenvalue weighted by Gasteiger charge is 2.15. The third-order valence-corrected chi connectivity index (χ3v) is 4.82. The Labute approximate surface area is 184 Å². The summed E-state index contributed by atoms with van der Waals surface area (Å²) in [7, 11) is 0. The molecule has 1 aromatic heterocycles. The van der Waals surface area contributed by atoms with Gasteiger partial charge in [0.25, 0.3) is 11.7 Å². The smallest absolute Gasteiger partial charge is 0.306 e. The molecule has 0 aliphatic carbocycles. The number of ether oxygens (including phenoxy) is 1. The van der Waals surface area contributed by atoms with Crippen LogP contribution in [-0.2, 0) is 20.7 Å². The highest BCUT2D eigenvalue weighted by atomic mass is 32.2. The third kappa shape index (κ3) is 6.58. The number of aromatic nitrogens is 1. The Morgan fingerprint density at radius 2 is 1.94 bits per heavy atom. The quantitative estimate of drug-likeness (QED) is 0.269. The van der Waals surface area contributed by atoms with Crippen LogP contribution in [0, 0.1) is 11.6 Å². The fraction of sp³-hybridized carbons (Fsp3) is 0.190. The van der Waals surface area contributed by atoms with Crippen molar-refractivity contribution in [3.63, 3.8) is 0 Å². The highest BCUT2D eigenvalue weighted by Crippen LogP contribution is 2.31. The van der Waals surface area contributed by atoms with E-state index in [2.05, 4.69) is 10.3 Å². The lowest BCUT2D eigenvalue weighted by molar-refractivity contribution is -0.147. The molecule has 0 saturated heterocycles. The van der Waals surface area contributed by atoms with E-state index >= 15 is 0 Å². The molecule has 3 rings (SSSR count). The van der Waals surface area contributed by atoms with Gasteiger partial charge in [0.2, 0.25) is 0 Å². The average molecular weight is 468 g/mol. The molecule has 0 aliphatic rings. The molecule has 0 unspecified atom stereocenters. The maximum Gasteiger partial charge on any atom is 0.306 e. The molecule has 0 fully saturated rings. The maximum atomic E-state index is 13.8. The van der Waals surface area contributed by atoms with E-state index in [0.717, 1.165) is 6.07 Å². The number of anilines is 1. The number of rotatable bonds is 9. The van der Waals surface area contributed by atoms with E-state index < -0.39 is 35.9 Å². The normalized spacial score (nSPS) is 10.9. The van der Waals surface area contributed by atoms with Crippen LogP contribution < -0.4 is 5.32 Å². The van der Waals surface area contributed by atoms with Gasteiger partial charge >= 0.3 is 5.97 Å². The number of carbonyl (C=O) groups excluding carboxylic acids is 2. The number of halogens is 4. The molecule has 1 N–H and O–H groups in total. The van der Waals surface area contributed by atoms with Crippen LogP contribution in [0.1, 0.15) is 12.3 Å². The summed E-state index contributed by atoms with van der Waals surface area (Å²) >= 11 is 0.284. The molecular weight excluding hydrogens is 452 g/mol. The first-order valence-electron chi connectivity index (χ1n) is 9.21. The van der Waals surface area contributed by atoms with E-state index in [0.29, 0.717) is 6.07 Å². The SMILES string of the molecule is O=C(COC(=O)CCc1ncc(-c2ccc(F)cc2F)o1)Nc1ccccc1SC(F)F. The first-order chi connectivity index (χ1) is 15.3.